The van der Waals surface area contributed by atoms with Gasteiger partial charge in [0.2, 0.25) is 0 Å². The largest absolute Gasteiger partial charge is 0.444 e. The number of hydrogen-bond acceptors (Lipinski definition) is 6. The topological polar surface area (TPSA) is 94.8 Å². The fourth-order valence-corrected chi connectivity index (χ4v) is 3.15. The number of nitrogens with one attached hydrogen (secondary N) is 1. The normalized spacial score (nSPS) is 12.5. The van der Waals surface area contributed by atoms with Gasteiger partial charge in [-0.1, -0.05) is 38.3 Å². The predicted octanol–water partition coefficient (Wildman–Crippen LogP) is 5.00. The lowest BCUT2D eigenvalue weighted by molar-refractivity contribution is -0.137. The Kier molecular flexibility index (Phi) is 7.89. The molecule has 2 aromatic rings. The Morgan fingerprint density at radius 3 is 2.47 bits per heavy atom. The molecule has 0 fully saturated rings. The number of ether oxygens (including phenoxy) is 2. The van der Waals surface area contributed by atoms with Crippen molar-refractivity contribution in [1.29, 1.82) is 0 Å². The molecule has 1 atom stereocenters. The van der Waals surface area contributed by atoms with E-state index in [2.05, 4.69) is 5.32 Å². The van der Waals surface area contributed by atoms with E-state index >= 15 is 0 Å². The lowest BCUT2D eigenvalue weighted by Gasteiger charge is -2.22. The second-order valence-corrected chi connectivity index (χ2v) is 8.44. The highest BCUT2D eigenvalue weighted by Gasteiger charge is 2.26. The van der Waals surface area contributed by atoms with Crippen LogP contribution < -0.4 is 15.7 Å². The molecule has 1 heterocycles. The summed E-state index contributed by atoms with van der Waals surface area (Å²) in [5, 5.41) is 3.43. The van der Waals surface area contributed by atoms with Gasteiger partial charge in [-0.3, -0.25) is 0 Å². The molecule has 0 aliphatic heterocycles. The maximum Gasteiger partial charge on any atom is 0.408 e. The molecule has 0 radical (unpaired) electrons. The zero-order valence-electron chi connectivity index (χ0n) is 18.0. The molecule has 0 saturated heterocycles. The molecule has 0 aliphatic carbocycles. The number of carbonyl (C=O) groups excluding carboxylic acids is 2. The van der Waals surface area contributed by atoms with Crippen LogP contribution in [-0.2, 0) is 16.0 Å². The number of rotatable bonds is 7. The average Bonchev–Trinajstić information content (AvgIpc) is 2.61. The number of amides is 1. The fraction of sp³-hybridized carbons (Fsp3) is 0.500. The van der Waals surface area contributed by atoms with Crippen molar-refractivity contribution < 1.29 is 23.5 Å². The van der Waals surface area contributed by atoms with Gasteiger partial charge in [-0.15, -0.1) is 0 Å². The van der Waals surface area contributed by atoms with Crippen LogP contribution in [0.5, 0.6) is 5.75 Å². The standard InChI is InChI=1S/C22H28ClNO6/c1-6-8-13-10-19(25)28-17-12-18(15(23)11-14(13)17)29-20(26)16(9-7-2)24-21(27)30-22(3,4)5/h10-12,16H,6-9H2,1-5H3,(H,24,27). The number of fused-ring (bicyclic) bond motifs is 1. The van der Waals surface area contributed by atoms with Gasteiger partial charge in [-0.2, -0.15) is 0 Å². The zero-order chi connectivity index (χ0) is 22.5. The van der Waals surface area contributed by atoms with E-state index in [9.17, 15) is 14.4 Å². The van der Waals surface area contributed by atoms with Crippen LogP contribution in [0.25, 0.3) is 11.0 Å². The van der Waals surface area contributed by atoms with E-state index in [1.165, 1.54) is 12.1 Å². The average molecular weight is 438 g/mol. The van der Waals surface area contributed by atoms with E-state index in [0.717, 1.165) is 12.0 Å². The third-order valence-corrected chi connectivity index (χ3v) is 4.46. The monoisotopic (exact) mass is 437 g/mol. The van der Waals surface area contributed by atoms with E-state index in [1.54, 1.807) is 26.8 Å². The number of carbonyl (C=O) groups is 2. The van der Waals surface area contributed by atoms with Gasteiger partial charge in [0.05, 0.1) is 5.02 Å². The highest BCUT2D eigenvalue weighted by molar-refractivity contribution is 6.33. The molecule has 1 N–H and O–H groups in total. The molecular formula is C22H28ClNO6. The Morgan fingerprint density at radius 1 is 1.17 bits per heavy atom. The number of alkyl carbamates (subject to hydrolysis) is 1. The second kappa shape index (κ2) is 9.98. The third-order valence-electron chi connectivity index (χ3n) is 4.17. The van der Waals surface area contributed by atoms with Crippen molar-refractivity contribution in [3.63, 3.8) is 0 Å². The maximum atomic E-state index is 12.7. The molecule has 0 spiro atoms. The summed E-state index contributed by atoms with van der Waals surface area (Å²) in [6, 6.07) is 3.57. The molecule has 8 heteroatoms. The summed E-state index contributed by atoms with van der Waals surface area (Å²) in [4.78, 5) is 36.6. The van der Waals surface area contributed by atoms with E-state index in [0.29, 0.717) is 24.6 Å². The van der Waals surface area contributed by atoms with Crippen LogP contribution in [0.2, 0.25) is 5.02 Å². The van der Waals surface area contributed by atoms with Gasteiger partial charge < -0.3 is 19.2 Å². The van der Waals surface area contributed by atoms with Crippen molar-refractivity contribution in [3.05, 3.63) is 39.2 Å². The first kappa shape index (κ1) is 23.7. The summed E-state index contributed by atoms with van der Waals surface area (Å²) in [7, 11) is 0. The number of esters is 1. The van der Waals surface area contributed by atoms with Crippen LogP contribution in [0.15, 0.2) is 27.4 Å². The van der Waals surface area contributed by atoms with Crippen LogP contribution in [0.1, 0.15) is 59.4 Å². The summed E-state index contributed by atoms with van der Waals surface area (Å²) in [5.74, 6) is -0.630. The van der Waals surface area contributed by atoms with Crippen molar-refractivity contribution >= 4 is 34.6 Å². The van der Waals surface area contributed by atoms with Gasteiger partial charge in [-0.05, 0) is 45.2 Å². The molecule has 0 bridgehead atoms. The van der Waals surface area contributed by atoms with Crippen LogP contribution >= 0.6 is 11.6 Å². The van der Waals surface area contributed by atoms with Gasteiger partial charge >= 0.3 is 17.7 Å². The zero-order valence-corrected chi connectivity index (χ0v) is 18.7. The van der Waals surface area contributed by atoms with Crippen LogP contribution in [0.4, 0.5) is 4.79 Å². The minimum absolute atomic E-state index is 0.0538. The molecule has 1 amide bonds. The Morgan fingerprint density at radius 2 is 1.87 bits per heavy atom. The van der Waals surface area contributed by atoms with E-state index in [4.69, 9.17) is 25.5 Å². The lowest BCUT2D eigenvalue weighted by atomic mass is 10.1. The molecule has 2 rings (SSSR count). The van der Waals surface area contributed by atoms with Crippen molar-refractivity contribution in [2.45, 2.75) is 71.9 Å². The quantitative estimate of drug-likeness (QED) is 0.372. The van der Waals surface area contributed by atoms with Gasteiger partial charge in [-0.25, -0.2) is 14.4 Å². The van der Waals surface area contributed by atoms with E-state index in [-0.39, 0.29) is 16.4 Å². The molecule has 0 saturated carbocycles. The number of halogens is 1. The fourth-order valence-electron chi connectivity index (χ4n) is 2.95. The predicted molar refractivity (Wildman–Crippen MR) is 115 cm³/mol. The lowest BCUT2D eigenvalue weighted by Crippen LogP contribution is -2.45. The Labute approximate surface area is 180 Å². The second-order valence-electron chi connectivity index (χ2n) is 8.03. The van der Waals surface area contributed by atoms with E-state index < -0.39 is 29.3 Å². The van der Waals surface area contributed by atoms with Crippen LogP contribution in [0.3, 0.4) is 0 Å². The van der Waals surface area contributed by atoms with Gasteiger partial charge in [0.25, 0.3) is 0 Å². The van der Waals surface area contributed by atoms with Gasteiger partial charge in [0.1, 0.15) is 17.2 Å². The molecular weight excluding hydrogens is 410 g/mol. The molecule has 30 heavy (non-hydrogen) atoms. The summed E-state index contributed by atoms with van der Waals surface area (Å²) < 4.78 is 15.9. The summed E-state index contributed by atoms with van der Waals surface area (Å²) in [6.07, 6.45) is 1.82. The maximum absolute atomic E-state index is 12.7. The number of hydrogen-bond donors (Lipinski definition) is 1. The van der Waals surface area contributed by atoms with Gasteiger partial charge in [0.15, 0.2) is 5.75 Å². The number of aryl methyl sites for hydroxylation is 1. The first-order chi connectivity index (χ1) is 14.0. The van der Waals surface area contributed by atoms with Crippen molar-refractivity contribution in [2.24, 2.45) is 0 Å². The third kappa shape index (κ3) is 6.49. The summed E-state index contributed by atoms with van der Waals surface area (Å²) >= 11 is 6.32. The molecule has 1 aromatic heterocycles. The van der Waals surface area contributed by atoms with Crippen LogP contribution in [0, 0.1) is 0 Å². The molecule has 7 nitrogen and oxygen atoms in total. The minimum atomic E-state index is -0.907. The highest BCUT2D eigenvalue weighted by Crippen LogP contribution is 2.32. The Bertz CT molecular complexity index is 976. The first-order valence-electron chi connectivity index (χ1n) is 10.0. The Balaban J connectivity index is 2.27. The first-order valence-corrected chi connectivity index (χ1v) is 10.4. The Hall–Kier alpha value is -2.54. The van der Waals surface area contributed by atoms with Crippen molar-refractivity contribution in [1.82, 2.24) is 5.32 Å². The molecule has 1 aromatic carbocycles. The smallest absolute Gasteiger partial charge is 0.408 e. The molecule has 0 aliphatic rings. The SMILES string of the molecule is CCCc1cc(=O)oc2cc(OC(=O)C(CCC)NC(=O)OC(C)(C)C)c(Cl)cc12. The van der Waals surface area contributed by atoms with Gasteiger partial charge in [0, 0.05) is 17.5 Å². The summed E-state index contributed by atoms with van der Waals surface area (Å²) in [6.45, 7) is 9.08. The minimum Gasteiger partial charge on any atom is -0.444 e. The van der Waals surface area contributed by atoms with E-state index in [1.807, 2.05) is 13.8 Å². The summed E-state index contributed by atoms with van der Waals surface area (Å²) in [5.41, 5.74) is -0.0783. The van der Waals surface area contributed by atoms with Crippen molar-refractivity contribution in [2.75, 3.05) is 0 Å². The van der Waals surface area contributed by atoms with Crippen molar-refractivity contribution in [3.8, 4) is 5.75 Å². The molecule has 164 valence electrons. The highest BCUT2D eigenvalue weighted by atomic mass is 35.5. The number of benzene rings is 1. The molecule has 1 unspecified atom stereocenters. The van der Waals surface area contributed by atoms with Crippen LogP contribution in [-0.4, -0.2) is 23.7 Å².